The summed E-state index contributed by atoms with van der Waals surface area (Å²) in [5, 5.41) is 0. The fourth-order valence-electron chi connectivity index (χ4n) is 16.0. The van der Waals surface area contributed by atoms with Crippen molar-refractivity contribution in [3.05, 3.63) is 47.1 Å². The standard InChI is InChI=1S/C44H64/c1-25-12-9-13-26(2)40(25)43-32-18-7-8-19-33(32)44(41-27(3)14-10-15-28(41)4)39-24-36-35(23-38(39)43)34-21-11-20-31-30-17-6-5-16-29(30)22-37(36)42(31)34/h5,12,14,16,22,26,28,30-44H,6-11,13,15,17-21,23-24H2,1-4H3/t26?,28-,30?,31-,32?,33?,34?,35?,36?,37?,38?,39?,40?,41?,42?,43?,44?/m1/s1. The normalized spacial score (nSPS) is 54.5. The predicted octanol–water partition coefficient (Wildman–Crippen LogP) is 11.9. The summed E-state index contributed by atoms with van der Waals surface area (Å²) in [6.07, 6.45) is 35.9. The number of rotatable bonds is 2. The highest BCUT2D eigenvalue weighted by Gasteiger charge is 2.64. The molecule has 0 bridgehead atoms. The molecule has 9 rings (SSSR count). The van der Waals surface area contributed by atoms with E-state index >= 15 is 0 Å². The lowest BCUT2D eigenvalue weighted by atomic mass is 9.42. The van der Waals surface area contributed by atoms with E-state index in [0.717, 1.165) is 101 Å². The van der Waals surface area contributed by atoms with Crippen molar-refractivity contribution in [1.29, 1.82) is 0 Å². The Labute approximate surface area is 271 Å². The first-order valence-electron chi connectivity index (χ1n) is 20.2. The van der Waals surface area contributed by atoms with Crippen molar-refractivity contribution in [2.24, 2.45) is 101 Å². The first-order chi connectivity index (χ1) is 21.5. The second kappa shape index (κ2) is 11.3. The predicted molar refractivity (Wildman–Crippen MR) is 185 cm³/mol. The zero-order chi connectivity index (χ0) is 29.7. The second-order valence-electron chi connectivity index (χ2n) is 18.6. The van der Waals surface area contributed by atoms with Crippen LogP contribution < -0.4 is 0 Å². The van der Waals surface area contributed by atoms with Gasteiger partial charge in [-0.2, -0.15) is 0 Å². The molecular formula is C44H64. The Morgan fingerprint density at radius 2 is 1.09 bits per heavy atom. The zero-order valence-electron chi connectivity index (χ0n) is 28.8. The lowest BCUT2D eigenvalue weighted by molar-refractivity contribution is -0.128. The van der Waals surface area contributed by atoms with Gasteiger partial charge in [0.05, 0.1) is 0 Å². The minimum absolute atomic E-state index is 0.867. The highest BCUT2D eigenvalue weighted by Crippen LogP contribution is 2.70. The van der Waals surface area contributed by atoms with Gasteiger partial charge in [-0.15, -0.1) is 0 Å². The van der Waals surface area contributed by atoms with Crippen LogP contribution >= 0.6 is 0 Å². The second-order valence-corrected chi connectivity index (χ2v) is 18.6. The summed E-state index contributed by atoms with van der Waals surface area (Å²) < 4.78 is 0. The summed E-state index contributed by atoms with van der Waals surface area (Å²) in [5.74, 6) is 16.3. The van der Waals surface area contributed by atoms with E-state index in [1.165, 1.54) is 57.8 Å². The Morgan fingerprint density at radius 3 is 1.73 bits per heavy atom. The molecule has 0 aromatic heterocycles. The van der Waals surface area contributed by atoms with Crippen LogP contribution in [0.1, 0.15) is 124 Å². The fourth-order valence-corrected chi connectivity index (χ4v) is 16.0. The third kappa shape index (κ3) is 4.33. The molecule has 0 aromatic carbocycles. The lowest BCUT2D eigenvalue weighted by Gasteiger charge is -2.63. The Balaban J connectivity index is 1.16. The molecule has 15 unspecified atom stereocenters. The van der Waals surface area contributed by atoms with Crippen molar-refractivity contribution >= 4 is 0 Å². The molecule has 44 heavy (non-hydrogen) atoms. The molecular weight excluding hydrogens is 528 g/mol. The quantitative estimate of drug-likeness (QED) is 0.280. The molecule has 5 fully saturated rings. The van der Waals surface area contributed by atoms with Crippen LogP contribution in [0.3, 0.4) is 0 Å². The highest BCUT2D eigenvalue weighted by molar-refractivity contribution is 5.32. The molecule has 0 N–H and O–H groups in total. The first kappa shape index (κ1) is 29.1. The fraction of sp³-hybridized carbons (Fsp3) is 0.818. The van der Waals surface area contributed by atoms with Crippen molar-refractivity contribution in [2.75, 3.05) is 0 Å². The van der Waals surface area contributed by atoms with Crippen LogP contribution in [-0.4, -0.2) is 0 Å². The molecule has 0 spiro atoms. The van der Waals surface area contributed by atoms with Crippen molar-refractivity contribution in [3.63, 3.8) is 0 Å². The minimum Gasteiger partial charge on any atom is -0.0853 e. The van der Waals surface area contributed by atoms with Crippen molar-refractivity contribution in [1.82, 2.24) is 0 Å². The summed E-state index contributed by atoms with van der Waals surface area (Å²) in [6, 6.07) is 0. The maximum absolute atomic E-state index is 2.95. The third-order valence-corrected chi connectivity index (χ3v) is 17.2. The monoisotopic (exact) mass is 593 g/mol. The van der Waals surface area contributed by atoms with Gasteiger partial charge in [0.25, 0.3) is 0 Å². The van der Waals surface area contributed by atoms with E-state index in [-0.39, 0.29) is 0 Å². The third-order valence-electron chi connectivity index (χ3n) is 17.2. The highest BCUT2D eigenvalue weighted by atomic mass is 14.7. The van der Waals surface area contributed by atoms with E-state index in [4.69, 9.17) is 0 Å². The molecule has 0 aromatic rings. The lowest BCUT2D eigenvalue weighted by Crippen LogP contribution is -2.56. The molecule has 9 aliphatic carbocycles. The van der Waals surface area contributed by atoms with Gasteiger partial charge in [0.1, 0.15) is 0 Å². The van der Waals surface area contributed by atoms with Gasteiger partial charge in [-0.05, 0) is 197 Å². The molecule has 0 amide bonds. The molecule has 17 atom stereocenters. The van der Waals surface area contributed by atoms with Gasteiger partial charge in [-0.25, -0.2) is 0 Å². The van der Waals surface area contributed by atoms with E-state index in [9.17, 15) is 0 Å². The summed E-state index contributed by atoms with van der Waals surface area (Å²) >= 11 is 0. The van der Waals surface area contributed by atoms with Gasteiger partial charge in [0.2, 0.25) is 0 Å². The van der Waals surface area contributed by atoms with Gasteiger partial charge >= 0.3 is 0 Å². The Morgan fingerprint density at radius 1 is 0.523 bits per heavy atom. The Kier molecular flexibility index (Phi) is 7.47. The van der Waals surface area contributed by atoms with Gasteiger partial charge in [-0.3, -0.25) is 0 Å². The van der Waals surface area contributed by atoms with Crippen molar-refractivity contribution in [3.8, 4) is 0 Å². The maximum atomic E-state index is 2.95. The molecule has 0 radical (unpaired) electrons. The topological polar surface area (TPSA) is 0 Å². The summed E-state index contributed by atoms with van der Waals surface area (Å²) in [6.45, 7) is 10.5. The van der Waals surface area contributed by atoms with Gasteiger partial charge in [0.15, 0.2) is 0 Å². The van der Waals surface area contributed by atoms with Crippen LogP contribution in [0.4, 0.5) is 0 Å². The smallest absolute Gasteiger partial charge is 0.0131 e. The van der Waals surface area contributed by atoms with Crippen LogP contribution in [0, 0.1) is 101 Å². The molecule has 5 saturated carbocycles. The number of hydrogen-bond donors (Lipinski definition) is 0. The SMILES string of the molecule is CC1=CCCC(C)C1C1C2CCCCC2C(C2C(C)=CCC[C@H]2C)C2CC3C4C=C5C=CCCC5[C@H]5CCCC(C3CC21)C45. The number of hydrogen-bond acceptors (Lipinski definition) is 0. The molecule has 240 valence electrons. The molecule has 0 nitrogen and oxygen atoms in total. The zero-order valence-corrected chi connectivity index (χ0v) is 28.8. The van der Waals surface area contributed by atoms with Crippen LogP contribution in [-0.2, 0) is 0 Å². The largest absolute Gasteiger partial charge is 0.0853 e. The summed E-state index contributed by atoms with van der Waals surface area (Å²) in [7, 11) is 0. The average molecular weight is 593 g/mol. The maximum Gasteiger partial charge on any atom is -0.0131 e. The van der Waals surface area contributed by atoms with Crippen LogP contribution in [0.2, 0.25) is 0 Å². The van der Waals surface area contributed by atoms with Crippen LogP contribution in [0.5, 0.6) is 0 Å². The van der Waals surface area contributed by atoms with E-state index < -0.39 is 0 Å². The molecule has 0 aliphatic heterocycles. The van der Waals surface area contributed by atoms with Crippen molar-refractivity contribution in [2.45, 2.75) is 124 Å². The Hall–Kier alpha value is -1.04. The number of fused-ring (bicyclic) bond motifs is 7. The Bertz CT molecular complexity index is 1230. The summed E-state index contributed by atoms with van der Waals surface area (Å²) in [4.78, 5) is 0. The van der Waals surface area contributed by atoms with Gasteiger partial charge in [-0.1, -0.05) is 74.6 Å². The summed E-state index contributed by atoms with van der Waals surface area (Å²) in [5.41, 5.74) is 5.43. The van der Waals surface area contributed by atoms with E-state index in [1.807, 2.05) is 11.1 Å². The minimum atomic E-state index is 0.867. The molecule has 0 saturated heterocycles. The molecule has 0 heteroatoms. The van der Waals surface area contributed by atoms with Crippen molar-refractivity contribution < 1.29 is 0 Å². The number of allylic oxidation sites excluding steroid dienone is 8. The average Bonchev–Trinajstić information content (AvgIpc) is 3.34. The van der Waals surface area contributed by atoms with Crippen LogP contribution in [0.25, 0.3) is 0 Å². The van der Waals surface area contributed by atoms with Gasteiger partial charge in [0, 0.05) is 0 Å². The van der Waals surface area contributed by atoms with Crippen LogP contribution in [0.15, 0.2) is 47.1 Å². The van der Waals surface area contributed by atoms with E-state index in [0.29, 0.717) is 0 Å². The van der Waals surface area contributed by atoms with E-state index in [1.54, 1.807) is 44.1 Å². The van der Waals surface area contributed by atoms with Gasteiger partial charge < -0.3 is 0 Å². The molecule has 0 heterocycles. The first-order valence-corrected chi connectivity index (χ1v) is 20.2. The molecule has 9 aliphatic rings. The van der Waals surface area contributed by atoms with E-state index in [2.05, 4.69) is 58.1 Å².